The Kier molecular flexibility index (Phi) is 3.72. The number of thioether (sulfide) groups is 1. The molecule has 92 valence electrons. The van der Waals surface area contributed by atoms with Crippen molar-refractivity contribution in [3.05, 3.63) is 15.9 Å². The number of rotatable bonds is 4. The Balaban J connectivity index is 2.11. The summed E-state index contributed by atoms with van der Waals surface area (Å²) in [7, 11) is 1.94. The maximum absolute atomic E-state index is 5.46. The number of nitrogens with two attached hydrogens (primary N) is 1. The molecule has 0 bridgehead atoms. The van der Waals surface area contributed by atoms with E-state index in [2.05, 4.69) is 43.1 Å². The Morgan fingerprint density at radius 1 is 1.53 bits per heavy atom. The lowest BCUT2D eigenvalue weighted by Gasteiger charge is -1.99. The number of nitrogens with one attached hydrogen (secondary N) is 1. The molecule has 2 heterocycles. The molecule has 0 aromatic carbocycles. The van der Waals surface area contributed by atoms with Gasteiger partial charge >= 0.3 is 0 Å². The van der Waals surface area contributed by atoms with Crippen LogP contribution in [-0.2, 0) is 19.2 Å². The smallest absolute Gasteiger partial charge is 0.216 e. The van der Waals surface area contributed by atoms with Crippen LogP contribution in [0.25, 0.3) is 0 Å². The van der Waals surface area contributed by atoms with Crippen LogP contribution in [-0.4, -0.2) is 25.0 Å². The van der Waals surface area contributed by atoms with Gasteiger partial charge in [-0.05, 0) is 22.4 Å². The van der Waals surface area contributed by atoms with Crippen molar-refractivity contribution in [2.24, 2.45) is 7.05 Å². The van der Waals surface area contributed by atoms with E-state index in [1.54, 1.807) is 0 Å². The van der Waals surface area contributed by atoms with Crippen LogP contribution < -0.4 is 5.73 Å². The Hall–Kier alpha value is -1.02. The first-order chi connectivity index (χ1) is 8.11. The van der Waals surface area contributed by atoms with Crippen molar-refractivity contribution in [2.75, 3.05) is 5.73 Å². The summed E-state index contributed by atoms with van der Waals surface area (Å²) < 4.78 is 2.95. The topological polar surface area (TPSA) is 85.4 Å². The fourth-order valence-electron chi connectivity index (χ4n) is 1.43. The van der Waals surface area contributed by atoms with E-state index in [9.17, 15) is 0 Å². The molecular weight excluding hydrogens is 304 g/mol. The van der Waals surface area contributed by atoms with Gasteiger partial charge in [0.15, 0.2) is 0 Å². The zero-order chi connectivity index (χ0) is 12.4. The fraction of sp³-hybridized carbons (Fsp3) is 0.444. The van der Waals surface area contributed by atoms with Crippen molar-refractivity contribution in [3.63, 3.8) is 0 Å². The number of aryl methyl sites for hydroxylation is 2. The van der Waals surface area contributed by atoms with Gasteiger partial charge in [0.25, 0.3) is 0 Å². The maximum atomic E-state index is 5.46. The number of aromatic nitrogens is 5. The van der Waals surface area contributed by atoms with E-state index < -0.39 is 0 Å². The molecule has 2 rings (SSSR count). The largest absolute Gasteiger partial charge is 0.368 e. The average molecular weight is 317 g/mol. The molecular formula is C9H13BrN6S. The lowest BCUT2D eigenvalue weighted by molar-refractivity contribution is 0.719. The second-order valence-corrected chi connectivity index (χ2v) is 5.21. The molecule has 0 amide bonds. The van der Waals surface area contributed by atoms with E-state index in [0.29, 0.717) is 11.1 Å². The number of aromatic amines is 1. The van der Waals surface area contributed by atoms with Crippen molar-refractivity contribution in [1.29, 1.82) is 0 Å². The van der Waals surface area contributed by atoms with E-state index in [1.807, 2.05) is 11.7 Å². The summed E-state index contributed by atoms with van der Waals surface area (Å²) in [4.78, 5) is 4.04. The van der Waals surface area contributed by atoms with Gasteiger partial charge in [-0.25, -0.2) is 5.10 Å². The Morgan fingerprint density at radius 3 is 2.82 bits per heavy atom. The van der Waals surface area contributed by atoms with Gasteiger partial charge in [0.2, 0.25) is 11.1 Å². The van der Waals surface area contributed by atoms with Crippen molar-refractivity contribution in [1.82, 2.24) is 25.0 Å². The van der Waals surface area contributed by atoms with Crippen molar-refractivity contribution in [3.8, 4) is 0 Å². The monoisotopic (exact) mass is 316 g/mol. The summed E-state index contributed by atoms with van der Waals surface area (Å²) in [6.07, 6.45) is 0.909. The molecule has 0 spiro atoms. The fourth-order valence-corrected chi connectivity index (χ4v) is 3.24. The molecule has 8 heteroatoms. The Bertz CT molecular complexity index is 520. The van der Waals surface area contributed by atoms with E-state index in [0.717, 1.165) is 28.0 Å². The van der Waals surface area contributed by atoms with E-state index in [4.69, 9.17) is 5.73 Å². The summed E-state index contributed by atoms with van der Waals surface area (Å²) in [5, 5.41) is 11.7. The van der Waals surface area contributed by atoms with Crippen LogP contribution in [0.2, 0.25) is 0 Å². The van der Waals surface area contributed by atoms with Crippen LogP contribution in [0.4, 0.5) is 5.95 Å². The van der Waals surface area contributed by atoms with Gasteiger partial charge in [-0.3, -0.25) is 4.68 Å². The Morgan fingerprint density at radius 2 is 2.29 bits per heavy atom. The molecule has 2 aromatic heterocycles. The van der Waals surface area contributed by atoms with Crippen LogP contribution in [0.3, 0.4) is 0 Å². The summed E-state index contributed by atoms with van der Waals surface area (Å²) in [5.41, 5.74) is 7.65. The number of hydrogen-bond acceptors (Lipinski definition) is 5. The van der Waals surface area contributed by atoms with Crippen LogP contribution in [0.15, 0.2) is 9.63 Å². The second kappa shape index (κ2) is 5.09. The third kappa shape index (κ3) is 2.63. The molecule has 17 heavy (non-hydrogen) atoms. The number of anilines is 1. The predicted molar refractivity (Wildman–Crippen MR) is 70.6 cm³/mol. The van der Waals surface area contributed by atoms with E-state index >= 15 is 0 Å². The van der Waals surface area contributed by atoms with Gasteiger partial charge < -0.3 is 5.73 Å². The first kappa shape index (κ1) is 12.4. The summed E-state index contributed by atoms with van der Waals surface area (Å²) in [6.45, 7) is 2.08. The summed E-state index contributed by atoms with van der Waals surface area (Å²) in [5.74, 6) is 1.09. The molecule has 0 saturated heterocycles. The molecule has 0 aliphatic heterocycles. The molecule has 0 saturated carbocycles. The lowest BCUT2D eigenvalue weighted by Crippen LogP contribution is -1.97. The van der Waals surface area contributed by atoms with Crippen LogP contribution in [0.1, 0.15) is 18.3 Å². The van der Waals surface area contributed by atoms with Gasteiger partial charge in [0.1, 0.15) is 0 Å². The number of H-pyrrole nitrogens is 1. The molecule has 0 unspecified atom stereocenters. The molecule has 0 radical (unpaired) electrons. The SMILES string of the molecule is CCc1nn(C)c(CSc2n[nH]c(N)n2)c1Br. The first-order valence-corrected chi connectivity index (χ1v) is 6.90. The number of halogens is 1. The van der Waals surface area contributed by atoms with Crippen molar-refractivity contribution < 1.29 is 0 Å². The van der Waals surface area contributed by atoms with Crippen molar-refractivity contribution >= 4 is 33.6 Å². The highest BCUT2D eigenvalue weighted by molar-refractivity contribution is 9.10. The highest BCUT2D eigenvalue weighted by Crippen LogP contribution is 2.27. The number of hydrogen-bond donors (Lipinski definition) is 2. The van der Waals surface area contributed by atoms with Gasteiger partial charge in [-0.15, -0.1) is 5.10 Å². The van der Waals surface area contributed by atoms with Gasteiger partial charge in [-0.1, -0.05) is 18.7 Å². The summed E-state index contributed by atoms with van der Waals surface area (Å²) >= 11 is 5.09. The minimum atomic E-state index is 0.339. The van der Waals surface area contributed by atoms with Crippen molar-refractivity contribution in [2.45, 2.75) is 24.3 Å². The second-order valence-electron chi connectivity index (χ2n) is 3.48. The molecule has 6 nitrogen and oxygen atoms in total. The van der Waals surface area contributed by atoms with Gasteiger partial charge in [0, 0.05) is 12.8 Å². The van der Waals surface area contributed by atoms with E-state index in [1.165, 1.54) is 11.8 Å². The number of nitrogen functional groups attached to an aromatic ring is 1. The number of nitrogens with zero attached hydrogens (tertiary/aromatic N) is 4. The molecule has 0 aliphatic rings. The standard InChI is InChI=1S/C9H13BrN6S/c1-3-5-7(10)6(16(2)15-5)4-17-9-12-8(11)13-14-9/h3-4H2,1-2H3,(H3,11,12,13,14). The minimum absolute atomic E-state index is 0.339. The molecule has 2 aromatic rings. The normalized spacial score (nSPS) is 11.0. The summed E-state index contributed by atoms with van der Waals surface area (Å²) in [6, 6.07) is 0. The third-order valence-corrected chi connectivity index (χ3v) is 4.10. The van der Waals surface area contributed by atoms with Crippen LogP contribution in [0.5, 0.6) is 0 Å². The highest BCUT2D eigenvalue weighted by atomic mass is 79.9. The molecule has 0 aliphatic carbocycles. The van der Waals surface area contributed by atoms with E-state index in [-0.39, 0.29) is 0 Å². The maximum Gasteiger partial charge on any atom is 0.216 e. The minimum Gasteiger partial charge on any atom is -0.368 e. The zero-order valence-electron chi connectivity index (χ0n) is 9.57. The quantitative estimate of drug-likeness (QED) is 0.839. The van der Waals surface area contributed by atoms with Gasteiger partial charge in [0.05, 0.1) is 15.9 Å². The van der Waals surface area contributed by atoms with Crippen LogP contribution in [0, 0.1) is 0 Å². The predicted octanol–water partition coefficient (Wildman–Crippen LogP) is 1.74. The first-order valence-electron chi connectivity index (χ1n) is 5.12. The zero-order valence-corrected chi connectivity index (χ0v) is 12.0. The Labute approximate surface area is 112 Å². The van der Waals surface area contributed by atoms with Gasteiger partial charge in [-0.2, -0.15) is 10.1 Å². The average Bonchev–Trinajstić information content (AvgIpc) is 2.82. The third-order valence-electron chi connectivity index (χ3n) is 2.32. The molecule has 0 atom stereocenters. The lowest BCUT2D eigenvalue weighted by atomic mass is 10.3. The highest BCUT2D eigenvalue weighted by Gasteiger charge is 2.13. The van der Waals surface area contributed by atoms with Crippen LogP contribution >= 0.6 is 27.7 Å². The molecule has 0 fully saturated rings. The molecule has 3 N–H and O–H groups in total.